The Kier molecular flexibility index (Phi) is 3.34. The first-order valence-corrected chi connectivity index (χ1v) is 10.5. The number of likely N-dealkylation sites (tertiary alicyclic amines) is 1. The molecule has 4 saturated carbocycles. The van der Waals surface area contributed by atoms with Gasteiger partial charge >= 0.3 is 0 Å². The Labute approximate surface area is 146 Å². The molecule has 0 aromatic heterocycles. The molecule has 5 aliphatic rings. The van der Waals surface area contributed by atoms with Gasteiger partial charge in [-0.15, -0.1) is 0 Å². The van der Waals surface area contributed by atoms with E-state index in [1.165, 1.54) is 58.0 Å². The maximum Gasteiger partial charge on any atom is 0.0627 e. The molecular weight excluding hydrogens is 298 g/mol. The average molecular weight is 334 g/mol. The third kappa shape index (κ3) is 1.75. The van der Waals surface area contributed by atoms with Crippen LogP contribution < -0.4 is 0 Å². The fraction of sp³-hybridized carbons (Fsp3) is 1.00. The van der Waals surface area contributed by atoms with Crippen LogP contribution in [0.4, 0.5) is 0 Å². The van der Waals surface area contributed by atoms with Crippen molar-refractivity contribution in [2.75, 3.05) is 26.2 Å². The summed E-state index contributed by atoms with van der Waals surface area (Å²) in [5.41, 5.74) is 1.10. The standard InChI is InChI=1S/C21H35NO2/c1-14-15-10-17-20(11-15,18(14)24)7-4-16-19(2)5-3-6-21(16,17)13-22(12-19)8-9-23/h14-18,23-24H,3-13H2,1-2H3. The van der Waals surface area contributed by atoms with Crippen molar-refractivity contribution in [2.24, 2.45) is 39.9 Å². The number of hydrogen-bond acceptors (Lipinski definition) is 3. The van der Waals surface area contributed by atoms with E-state index < -0.39 is 0 Å². The molecule has 0 radical (unpaired) electrons. The first-order valence-electron chi connectivity index (χ1n) is 10.5. The summed E-state index contributed by atoms with van der Waals surface area (Å²) < 4.78 is 0. The summed E-state index contributed by atoms with van der Waals surface area (Å²) in [5.74, 6) is 2.87. The summed E-state index contributed by atoms with van der Waals surface area (Å²) in [6, 6.07) is 0. The summed E-state index contributed by atoms with van der Waals surface area (Å²) in [4.78, 5) is 2.58. The number of aliphatic hydroxyl groups excluding tert-OH is 2. The molecule has 0 aromatic rings. The number of nitrogens with zero attached hydrogens (tertiary/aromatic N) is 1. The van der Waals surface area contributed by atoms with E-state index in [2.05, 4.69) is 18.7 Å². The molecule has 136 valence electrons. The van der Waals surface area contributed by atoms with Gasteiger partial charge in [0.1, 0.15) is 0 Å². The maximum atomic E-state index is 11.1. The molecule has 3 nitrogen and oxygen atoms in total. The fourth-order valence-electron chi connectivity index (χ4n) is 9.09. The van der Waals surface area contributed by atoms with E-state index in [1.807, 2.05) is 0 Å². The predicted molar refractivity (Wildman–Crippen MR) is 94.5 cm³/mol. The number of β-amino-alcohol motifs (C(OH)–C–C–N with tert-alkyl or cyclic N) is 1. The molecule has 3 heteroatoms. The first-order chi connectivity index (χ1) is 11.5. The quantitative estimate of drug-likeness (QED) is 0.817. The highest BCUT2D eigenvalue weighted by Gasteiger charge is 2.72. The van der Waals surface area contributed by atoms with Crippen LogP contribution in [0.15, 0.2) is 0 Å². The van der Waals surface area contributed by atoms with Gasteiger partial charge in [0, 0.05) is 25.0 Å². The van der Waals surface area contributed by atoms with Crippen molar-refractivity contribution < 1.29 is 10.2 Å². The third-order valence-electron chi connectivity index (χ3n) is 9.74. The van der Waals surface area contributed by atoms with E-state index in [0.717, 1.165) is 24.3 Å². The van der Waals surface area contributed by atoms with E-state index in [0.29, 0.717) is 16.7 Å². The van der Waals surface area contributed by atoms with Crippen molar-refractivity contribution in [3.05, 3.63) is 0 Å². The number of hydrogen-bond donors (Lipinski definition) is 2. The smallest absolute Gasteiger partial charge is 0.0627 e. The van der Waals surface area contributed by atoms with Gasteiger partial charge in [-0.3, -0.25) is 4.90 Å². The summed E-state index contributed by atoms with van der Waals surface area (Å²) in [5, 5.41) is 20.7. The van der Waals surface area contributed by atoms with Crippen LogP contribution in [0.2, 0.25) is 0 Å². The molecule has 4 bridgehead atoms. The SMILES string of the molecule is CC1C2CC3C(CCC4C5(C)CCCC43CN(CCO)C5)(C2)C1O. The Morgan fingerprint density at radius 2 is 1.92 bits per heavy atom. The molecule has 1 heterocycles. The molecule has 5 fully saturated rings. The monoisotopic (exact) mass is 333 g/mol. The second kappa shape index (κ2) is 4.98. The van der Waals surface area contributed by atoms with Crippen molar-refractivity contribution in [1.82, 2.24) is 4.90 Å². The molecular formula is C21H35NO2. The van der Waals surface area contributed by atoms with Crippen LogP contribution in [0, 0.1) is 39.9 Å². The van der Waals surface area contributed by atoms with Gasteiger partial charge in [0.2, 0.25) is 0 Å². The Bertz CT molecular complexity index is 538. The van der Waals surface area contributed by atoms with Gasteiger partial charge in [-0.2, -0.15) is 0 Å². The van der Waals surface area contributed by atoms with Crippen LogP contribution >= 0.6 is 0 Å². The van der Waals surface area contributed by atoms with Crippen molar-refractivity contribution >= 4 is 0 Å². The van der Waals surface area contributed by atoms with Crippen LogP contribution in [0.25, 0.3) is 0 Å². The maximum absolute atomic E-state index is 11.1. The number of fused-ring (bicyclic) bond motifs is 1. The van der Waals surface area contributed by atoms with Crippen molar-refractivity contribution in [2.45, 2.75) is 64.9 Å². The predicted octanol–water partition coefficient (Wildman–Crippen LogP) is 2.90. The molecule has 8 atom stereocenters. The molecule has 2 N–H and O–H groups in total. The Hall–Kier alpha value is -0.120. The zero-order valence-electron chi connectivity index (χ0n) is 15.5. The average Bonchev–Trinajstić information content (AvgIpc) is 3.03. The van der Waals surface area contributed by atoms with E-state index in [4.69, 9.17) is 0 Å². The largest absolute Gasteiger partial charge is 0.395 e. The minimum atomic E-state index is -0.0574. The summed E-state index contributed by atoms with van der Waals surface area (Å²) in [6.07, 6.45) is 9.35. The van der Waals surface area contributed by atoms with E-state index in [9.17, 15) is 10.2 Å². The minimum absolute atomic E-state index is 0.0574. The Balaban J connectivity index is 1.57. The summed E-state index contributed by atoms with van der Waals surface area (Å²) >= 11 is 0. The molecule has 1 aliphatic heterocycles. The molecule has 1 saturated heterocycles. The second-order valence-electron chi connectivity index (χ2n) is 10.6. The van der Waals surface area contributed by atoms with Crippen molar-refractivity contribution in [3.8, 4) is 0 Å². The number of aliphatic hydroxyl groups is 2. The summed E-state index contributed by atoms with van der Waals surface area (Å²) in [6.45, 7) is 8.34. The number of rotatable bonds is 2. The lowest BCUT2D eigenvalue weighted by Gasteiger charge is -2.69. The van der Waals surface area contributed by atoms with Gasteiger partial charge in [0.15, 0.2) is 0 Å². The highest BCUT2D eigenvalue weighted by atomic mass is 16.3. The lowest BCUT2D eigenvalue weighted by Crippen LogP contribution is -2.68. The molecule has 24 heavy (non-hydrogen) atoms. The van der Waals surface area contributed by atoms with Crippen LogP contribution in [0.1, 0.15) is 58.8 Å². The molecule has 1 spiro atoms. The molecule has 8 unspecified atom stereocenters. The van der Waals surface area contributed by atoms with Crippen molar-refractivity contribution in [3.63, 3.8) is 0 Å². The van der Waals surface area contributed by atoms with E-state index >= 15 is 0 Å². The van der Waals surface area contributed by atoms with Gasteiger partial charge in [0.25, 0.3) is 0 Å². The van der Waals surface area contributed by atoms with Gasteiger partial charge in [-0.1, -0.05) is 20.3 Å². The number of piperidine rings is 1. The second-order valence-corrected chi connectivity index (χ2v) is 10.6. The zero-order chi connectivity index (χ0) is 16.7. The minimum Gasteiger partial charge on any atom is -0.395 e. The lowest BCUT2D eigenvalue weighted by atomic mass is 9.40. The highest BCUT2D eigenvalue weighted by Crippen LogP contribution is 2.75. The van der Waals surface area contributed by atoms with E-state index in [1.54, 1.807) is 0 Å². The van der Waals surface area contributed by atoms with Crippen LogP contribution in [-0.4, -0.2) is 47.5 Å². The topological polar surface area (TPSA) is 43.7 Å². The fourth-order valence-corrected chi connectivity index (χ4v) is 9.09. The third-order valence-corrected chi connectivity index (χ3v) is 9.74. The van der Waals surface area contributed by atoms with E-state index in [-0.39, 0.29) is 18.1 Å². The Morgan fingerprint density at radius 1 is 1.08 bits per heavy atom. The highest BCUT2D eigenvalue weighted by molar-refractivity contribution is 5.21. The van der Waals surface area contributed by atoms with Gasteiger partial charge in [-0.25, -0.2) is 0 Å². The van der Waals surface area contributed by atoms with Gasteiger partial charge in [0.05, 0.1) is 12.7 Å². The van der Waals surface area contributed by atoms with Gasteiger partial charge < -0.3 is 10.2 Å². The van der Waals surface area contributed by atoms with Crippen LogP contribution in [-0.2, 0) is 0 Å². The molecule has 5 rings (SSSR count). The normalized spacial score (nSPS) is 59.2. The lowest BCUT2D eigenvalue weighted by molar-refractivity contribution is -0.215. The molecule has 4 aliphatic carbocycles. The van der Waals surface area contributed by atoms with Crippen LogP contribution in [0.3, 0.4) is 0 Å². The first kappa shape index (κ1) is 16.1. The Morgan fingerprint density at radius 3 is 2.67 bits per heavy atom. The zero-order valence-corrected chi connectivity index (χ0v) is 15.5. The van der Waals surface area contributed by atoms with Crippen LogP contribution in [0.5, 0.6) is 0 Å². The van der Waals surface area contributed by atoms with Crippen molar-refractivity contribution in [1.29, 1.82) is 0 Å². The van der Waals surface area contributed by atoms with Gasteiger partial charge in [-0.05, 0) is 73.0 Å². The molecule has 0 aromatic carbocycles. The summed E-state index contributed by atoms with van der Waals surface area (Å²) in [7, 11) is 0. The molecule has 0 amide bonds.